The third-order valence-electron chi connectivity index (χ3n) is 4.31. The highest BCUT2D eigenvalue weighted by Crippen LogP contribution is 2.17. The quantitative estimate of drug-likeness (QED) is 0.804. The molecule has 138 valence electrons. The molecule has 2 rings (SSSR count). The van der Waals surface area contributed by atoms with E-state index in [-0.39, 0.29) is 18.2 Å². The molecule has 0 saturated carbocycles. The molecule has 0 saturated heterocycles. The van der Waals surface area contributed by atoms with Crippen molar-refractivity contribution >= 4 is 23.4 Å². The van der Waals surface area contributed by atoms with Crippen LogP contribution in [0.1, 0.15) is 30.0 Å². The fraction of sp³-hybridized carbons (Fsp3) is 0.333. The summed E-state index contributed by atoms with van der Waals surface area (Å²) in [6.45, 7) is 4.32. The van der Waals surface area contributed by atoms with Gasteiger partial charge in [-0.25, -0.2) is 0 Å². The lowest BCUT2D eigenvalue weighted by molar-refractivity contribution is -0.140. The maximum absolute atomic E-state index is 13.0. The third kappa shape index (κ3) is 5.33. The molecule has 0 aliphatic heterocycles. The van der Waals surface area contributed by atoms with E-state index < -0.39 is 6.04 Å². The van der Waals surface area contributed by atoms with E-state index in [2.05, 4.69) is 5.32 Å². The zero-order chi connectivity index (χ0) is 19.1. The molecule has 0 heterocycles. The fourth-order valence-corrected chi connectivity index (χ4v) is 3.23. The van der Waals surface area contributed by atoms with Crippen LogP contribution < -0.4 is 5.32 Å². The molecule has 0 bridgehead atoms. The normalized spacial score (nSPS) is 11.7. The zero-order valence-electron chi connectivity index (χ0n) is 15.5. The summed E-state index contributed by atoms with van der Waals surface area (Å²) in [5.74, 6) is -0.246. The maximum atomic E-state index is 13.0. The summed E-state index contributed by atoms with van der Waals surface area (Å²) in [4.78, 5) is 27.0. The first-order chi connectivity index (χ1) is 12.4. The number of amides is 2. The van der Waals surface area contributed by atoms with Crippen LogP contribution in [0.4, 0.5) is 0 Å². The van der Waals surface area contributed by atoms with Crippen molar-refractivity contribution in [3.8, 4) is 0 Å². The second-order valence-electron chi connectivity index (χ2n) is 6.36. The van der Waals surface area contributed by atoms with Crippen LogP contribution in [0, 0.1) is 6.92 Å². The number of carbonyl (C=O) groups excluding carboxylic acids is 2. The molecule has 0 radical (unpaired) electrons. The predicted octanol–water partition coefficient (Wildman–Crippen LogP) is 3.74. The highest BCUT2D eigenvalue weighted by Gasteiger charge is 2.28. The van der Waals surface area contributed by atoms with Crippen LogP contribution >= 0.6 is 11.6 Å². The van der Waals surface area contributed by atoms with Crippen molar-refractivity contribution in [1.82, 2.24) is 10.2 Å². The second kappa shape index (κ2) is 9.39. The lowest BCUT2D eigenvalue weighted by Crippen LogP contribution is -2.48. The molecule has 0 aliphatic rings. The summed E-state index contributed by atoms with van der Waals surface area (Å²) in [5, 5.41) is 3.26. The smallest absolute Gasteiger partial charge is 0.242 e. The van der Waals surface area contributed by atoms with Gasteiger partial charge in [0.25, 0.3) is 0 Å². The number of hydrogen-bond acceptors (Lipinski definition) is 2. The van der Waals surface area contributed by atoms with Crippen molar-refractivity contribution in [2.45, 2.75) is 39.3 Å². The second-order valence-corrected chi connectivity index (χ2v) is 6.79. The number of nitrogens with zero attached hydrogens (tertiary/aromatic N) is 1. The van der Waals surface area contributed by atoms with Gasteiger partial charge in [-0.2, -0.15) is 0 Å². The molecule has 2 aromatic rings. The van der Waals surface area contributed by atoms with Gasteiger partial charge < -0.3 is 10.2 Å². The molecular weight excluding hydrogens is 348 g/mol. The fourth-order valence-electron chi connectivity index (χ4n) is 3.02. The van der Waals surface area contributed by atoms with E-state index >= 15 is 0 Å². The molecule has 2 amide bonds. The van der Waals surface area contributed by atoms with Gasteiger partial charge in [0, 0.05) is 18.6 Å². The highest BCUT2D eigenvalue weighted by atomic mass is 35.5. The number of hydrogen-bond donors (Lipinski definition) is 1. The zero-order valence-corrected chi connectivity index (χ0v) is 16.2. The summed E-state index contributed by atoms with van der Waals surface area (Å²) in [5.41, 5.74) is 2.97. The highest BCUT2D eigenvalue weighted by molar-refractivity contribution is 6.30. The first-order valence-corrected chi connectivity index (χ1v) is 9.13. The van der Waals surface area contributed by atoms with Crippen molar-refractivity contribution in [2.75, 3.05) is 7.05 Å². The average molecular weight is 373 g/mol. The van der Waals surface area contributed by atoms with Gasteiger partial charge in [-0.05, 0) is 36.6 Å². The van der Waals surface area contributed by atoms with E-state index in [1.54, 1.807) is 24.1 Å². The van der Waals surface area contributed by atoms with Crippen molar-refractivity contribution in [2.24, 2.45) is 0 Å². The number of benzene rings is 2. The Labute approximate surface area is 160 Å². The number of nitrogens with one attached hydrogen (secondary N) is 1. The Morgan fingerprint density at radius 1 is 1.12 bits per heavy atom. The van der Waals surface area contributed by atoms with E-state index in [9.17, 15) is 9.59 Å². The molecule has 0 aliphatic carbocycles. The molecule has 1 N–H and O–H groups in total. The predicted molar refractivity (Wildman–Crippen MR) is 105 cm³/mol. The minimum atomic E-state index is -0.507. The van der Waals surface area contributed by atoms with Crippen molar-refractivity contribution in [3.05, 3.63) is 70.2 Å². The summed E-state index contributed by atoms with van der Waals surface area (Å²) in [7, 11) is 1.59. The van der Waals surface area contributed by atoms with Crippen LogP contribution in [0.2, 0.25) is 5.02 Å². The van der Waals surface area contributed by atoms with Gasteiger partial charge in [0.1, 0.15) is 6.04 Å². The first kappa shape index (κ1) is 20.0. The van der Waals surface area contributed by atoms with Crippen LogP contribution in [0.5, 0.6) is 0 Å². The minimum absolute atomic E-state index is 0.0933. The lowest BCUT2D eigenvalue weighted by atomic mass is 10.1. The van der Waals surface area contributed by atoms with Crippen molar-refractivity contribution in [3.63, 3.8) is 0 Å². The summed E-state index contributed by atoms with van der Waals surface area (Å²) in [6.07, 6.45) is 0.757. The van der Waals surface area contributed by atoms with E-state index in [0.29, 0.717) is 18.0 Å². The number of halogens is 1. The summed E-state index contributed by atoms with van der Waals surface area (Å²) >= 11 is 6.03. The van der Waals surface area contributed by atoms with E-state index in [4.69, 9.17) is 11.6 Å². The Hall–Kier alpha value is -2.33. The van der Waals surface area contributed by atoms with Crippen molar-refractivity contribution in [1.29, 1.82) is 0 Å². The molecular formula is C21H25ClN2O2. The minimum Gasteiger partial charge on any atom is -0.357 e. The Morgan fingerprint density at radius 2 is 1.81 bits per heavy atom. The van der Waals surface area contributed by atoms with E-state index in [1.165, 1.54) is 0 Å². The van der Waals surface area contributed by atoms with Gasteiger partial charge in [-0.3, -0.25) is 9.59 Å². The number of rotatable bonds is 7. The van der Waals surface area contributed by atoms with Gasteiger partial charge in [0.05, 0.1) is 6.42 Å². The van der Waals surface area contributed by atoms with Crippen LogP contribution in [0.15, 0.2) is 48.5 Å². The van der Waals surface area contributed by atoms with Gasteiger partial charge in [-0.15, -0.1) is 0 Å². The van der Waals surface area contributed by atoms with Gasteiger partial charge >= 0.3 is 0 Å². The molecule has 4 nitrogen and oxygen atoms in total. The molecule has 2 aromatic carbocycles. The molecule has 1 unspecified atom stereocenters. The Bertz CT molecular complexity index is 776. The van der Waals surface area contributed by atoms with Crippen molar-refractivity contribution < 1.29 is 9.59 Å². The standard InChI is InChI=1S/C21H25ClN2O2/c1-4-19(21(26)23-3)24(14-17-9-5-7-15(2)11-17)20(25)13-16-8-6-10-18(22)12-16/h5-12,19H,4,13-14H2,1-3H3,(H,23,26). The van der Waals surface area contributed by atoms with Gasteiger partial charge in [-0.1, -0.05) is 60.5 Å². The summed E-state index contributed by atoms with van der Waals surface area (Å²) in [6, 6.07) is 14.7. The topological polar surface area (TPSA) is 49.4 Å². The maximum Gasteiger partial charge on any atom is 0.242 e. The molecule has 1 atom stereocenters. The SMILES string of the molecule is CCC(C(=O)NC)N(Cc1cccc(C)c1)C(=O)Cc1cccc(Cl)c1. The Balaban J connectivity index is 2.28. The largest absolute Gasteiger partial charge is 0.357 e. The Morgan fingerprint density at radius 3 is 2.42 bits per heavy atom. The van der Waals surface area contributed by atoms with Gasteiger partial charge in [0.2, 0.25) is 11.8 Å². The Kier molecular flexibility index (Phi) is 7.22. The molecule has 0 aromatic heterocycles. The van der Waals surface area contributed by atoms with Crippen LogP contribution in [-0.4, -0.2) is 29.8 Å². The molecule has 0 fully saturated rings. The molecule has 5 heteroatoms. The number of carbonyl (C=O) groups is 2. The summed E-state index contributed by atoms with van der Waals surface area (Å²) < 4.78 is 0. The third-order valence-corrected chi connectivity index (χ3v) is 4.55. The van der Waals surface area contributed by atoms with Crippen LogP contribution in [0.25, 0.3) is 0 Å². The first-order valence-electron chi connectivity index (χ1n) is 8.75. The lowest BCUT2D eigenvalue weighted by Gasteiger charge is -2.30. The van der Waals surface area contributed by atoms with Crippen LogP contribution in [0.3, 0.4) is 0 Å². The average Bonchev–Trinajstić information content (AvgIpc) is 2.61. The molecule has 0 spiro atoms. The van der Waals surface area contributed by atoms with Gasteiger partial charge in [0.15, 0.2) is 0 Å². The van der Waals surface area contributed by atoms with Crippen LogP contribution in [-0.2, 0) is 22.6 Å². The van der Waals surface area contributed by atoms with E-state index in [1.807, 2.05) is 50.2 Å². The monoisotopic (exact) mass is 372 g/mol. The van der Waals surface area contributed by atoms with E-state index in [0.717, 1.165) is 16.7 Å². The number of aryl methyl sites for hydroxylation is 1. The number of likely N-dealkylation sites (N-methyl/N-ethyl adjacent to an activating group) is 1. The molecule has 26 heavy (non-hydrogen) atoms.